The van der Waals surface area contributed by atoms with E-state index in [9.17, 15) is 9.59 Å². The Hall–Kier alpha value is -3.59. The van der Waals surface area contributed by atoms with E-state index in [2.05, 4.69) is 15.0 Å². The zero-order valence-electron chi connectivity index (χ0n) is 16.0. The van der Waals surface area contributed by atoms with E-state index in [1.165, 1.54) is 39.1 Å². The Morgan fingerprint density at radius 1 is 0.862 bits per heavy atom. The van der Waals surface area contributed by atoms with Crippen LogP contribution in [0.5, 0.6) is 17.2 Å². The van der Waals surface area contributed by atoms with Crippen molar-refractivity contribution in [3.8, 4) is 17.2 Å². The first-order valence-electron chi connectivity index (χ1n) is 8.48. The second-order valence-electron chi connectivity index (χ2n) is 5.82. The minimum Gasteiger partial charge on any atom is -0.493 e. The van der Waals surface area contributed by atoms with Crippen molar-refractivity contribution < 1.29 is 23.8 Å². The number of carbonyl (C=O) groups is 2. The first-order valence-corrected chi connectivity index (χ1v) is 9.31. The molecule has 0 aliphatic heterocycles. The number of nitrogens with zero attached hydrogens (tertiary/aromatic N) is 1. The lowest BCUT2D eigenvalue weighted by Gasteiger charge is -2.15. The SMILES string of the molecule is COc1cc(NC(=O)c2cccc(NC(=O)c3cnsc3)c2)cc(OC)c1OC. The molecule has 0 saturated carbocycles. The summed E-state index contributed by atoms with van der Waals surface area (Å²) in [6.07, 6.45) is 1.49. The van der Waals surface area contributed by atoms with Crippen LogP contribution in [0.1, 0.15) is 20.7 Å². The van der Waals surface area contributed by atoms with E-state index < -0.39 is 0 Å². The maximum atomic E-state index is 12.7. The second kappa shape index (κ2) is 9.07. The molecule has 0 bridgehead atoms. The van der Waals surface area contributed by atoms with Crippen molar-refractivity contribution in [2.24, 2.45) is 0 Å². The van der Waals surface area contributed by atoms with Crippen LogP contribution in [0.3, 0.4) is 0 Å². The summed E-state index contributed by atoms with van der Waals surface area (Å²) in [5.41, 5.74) is 1.81. The standard InChI is InChI=1S/C20H19N3O5S/c1-26-16-8-15(9-17(27-2)18(16)28-3)23-19(24)12-5-4-6-14(7-12)22-20(25)13-10-21-29-11-13/h4-11H,1-3H3,(H,22,25)(H,23,24). The van der Waals surface area contributed by atoms with Crippen molar-refractivity contribution in [3.05, 3.63) is 59.1 Å². The topological polar surface area (TPSA) is 98.8 Å². The molecule has 3 rings (SSSR count). The first-order chi connectivity index (χ1) is 14.0. The van der Waals surface area contributed by atoms with Crippen LogP contribution in [0, 0.1) is 0 Å². The number of anilines is 2. The lowest BCUT2D eigenvalue weighted by Crippen LogP contribution is -2.14. The van der Waals surface area contributed by atoms with E-state index in [4.69, 9.17) is 14.2 Å². The fourth-order valence-electron chi connectivity index (χ4n) is 2.61. The predicted octanol–water partition coefficient (Wildman–Crippen LogP) is 3.67. The molecule has 0 atom stereocenters. The van der Waals surface area contributed by atoms with Crippen LogP contribution in [-0.4, -0.2) is 37.5 Å². The van der Waals surface area contributed by atoms with Gasteiger partial charge in [0.25, 0.3) is 11.8 Å². The summed E-state index contributed by atoms with van der Waals surface area (Å²) in [5.74, 6) is 0.634. The maximum absolute atomic E-state index is 12.7. The Labute approximate surface area is 171 Å². The van der Waals surface area contributed by atoms with Crippen LogP contribution >= 0.6 is 11.5 Å². The molecule has 29 heavy (non-hydrogen) atoms. The van der Waals surface area contributed by atoms with Gasteiger partial charge in [0.1, 0.15) is 0 Å². The number of ether oxygens (including phenoxy) is 3. The van der Waals surface area contributed by atoms with Gasteiger partial charge >= 0.3 is 0 Å². The van der Waals surface area contributed by atoms with E-state index in [1.807, 2.05) is 0 Å². The number of benzene rings is 2. The van der Waals surface area contributed by atoms with Gasteiger partial charge in [-0.3, -0.25) is 9.59 Å². The number of amides is 2. The van der Waals surface area contributed by atoms with Gasteiger partial charge in [0.2, 0.25) is 5.75 Å². The summed E-state index contributed by atoms with van der Waals surface area (Å²) in [5, 5.41) is 7.19. The molecular formula is C20H19N3O5S. The average Bonchev–Trinajstić information content (AvgIpc) is 3.28. The highest BCUT2D eigenvalue weighted by Crippen LogP contribution is 2.40. The zero-order valence-corrected chi connectivity index (χ0v) is 16.8. The van der Waals surface area contributed by atoms with Gasteiger partial charge in [-0.2, -0.15) is 0 Å². The molecule has 0 saturated heterocycles. The molecule has 2 N–H and O–H groups in total. The number of methoxy groups -OCH3 is 3. The molecule has 0 aliphatic carbocycles. The van der Waals surface area contributed by atoms with Crippen molar-refractivity contribution in [2.45, 2.75) is 0 Å². The van der Waals surface area contributed by atoms with Gasteiger partial charge in [-0.15, -0.1) is 0 Å². The molecule has 0 unspecified atom stereocenters. The smallest absolute Gasteiger partial charge is 0.258 e. The summed E-state index contributed by atoms with van der Waals surface area (Å²) in [6, 6.07) is 9.89. The lowest BCUT2D eigenvalue weighted by atomic mass is 10.1. The van der Waals surface area contributed by atoms with Crippen LogP contribution < -0.4 is 24.8 Å². The van der Waals surface area contributed by atoms with Gasteiger partial charge in [-0.1, -0.05) is 6.07 Å². The van der Waals surface area contributed by atoms with Gasteiger partial charge in [-0.25, -0.2) is 4.37 Å². The Morgan fingerprint density at radius 3 is 2.10 bits per heavy atom. The highest BCUT2D eigenvalue weighted by atomic mass is 32.1. The molecule has 8 nitrogen and oxygen atoms in total. The highest BCUT2D eigenvalue weighted by Gasteiger charge is 2.16. The molecule has 9 heteroatoms. The van der Waals surface area contributed by atoms with Crippen LogP contribution in [-0.2, 0) is 0 Å². The third kappa shape index (κ3) is 4.64. The molecule has 0 radical (unpaired) electrons. The van der Waals surface area contributed by atoms with Crippen LogP contribution in [0.15, 0.2) is 48.0 Å². The van der Waals surface area contributed by atoms with Gasteiger partial charge in [0.15, 0.2) is 11.5 Å². The quantitative estimate of drug-likeness (QED) is 0.613. The maximum Gasteiger partial charge on any atom is 0.258 e. The fourth-order valence-corrected chi connectivity index (χ4v) is 3.13. The van der Waals surface area contributed by atoms with Crippen LogP contribution in [0.25, 0.3) is 0 Å². The Bertz CT molecular complexity index is 996. The number of aromatic nitrogens is 1. The number of hydrogen-bond donors (Lipinski definition) is 2. The molecule has 0 spiro atoms. The summed E-state index contributed by atoms with van der Waals surface area (Å²) in [4.78, 5) is 24.9. The summed E-state index contributed by atoms with van der Waals surface area (Å²) in [6.45, 7) is 0. The third-order valence-corrected chi connectivity index (χ3v) is 4.59. The molecule has 150 valence electrons. The normalized spacial score (nSPS) is 10.2. The van der Waals surface area contributed by atoms with Gasteiger partial charge in [-0.05, 0) is 29.7 Å². The number of rotatable bonds is 7. The van der Waals surface area contributed by atoms with E-state index in [0.717, 1.165) is 0 Å². The van der Waals surface area contributed by atoms with Crippen molar-refractivity contribution in [1.29, 1.82) is 0 Å². The molecule has 2 aromatic carbocycles. The van der Waals surface area contributed by atoms with Crippen LogP contribution in [0.2, 0.25) is 0 Å². The van der Waals surface area contributed by atoms with Crippen molar-refractivity contribution in [3.63, 3.8) is 0 Å². The summed E-state index contributed by atoms with van der Waals surface area (Å²) in [7, 11) is 4.50. The average molecular weight is 413 g/mol. The Morgan fingerprint density at radius 2 is 1.52 bits per heavy atom. The molecule has 1 aromatic heterocycles. The second-order valence-corrected chi connectivity index (χ2v) is 6.47. The number of carbonyl (C=O) groups excluding carboxylic acids is 2. The van der Waals surface area contributed by atoms with Crippen LogP contribution in [0.4, 0.5) is 11.4 Å². The molecule has 2 amide bonds. The van der Waals surface area contributed by atoms with E-state index in [1.54, 1.807) is 41.8 Å². The highest BCUT2D eigenvalue weighted by molar-refractivity contribution is 7.03. The zero-order chi connectivity index (χ0) is 20.8. The summed E-state index contributed by atoms with van der Waals surface area (Å²) < 4.78 is 19.8. The number of nitrogens with one attached hydrogen (secondary N) is 2. The van der Waals surface area contributed by atoms with Gasteiger partial charge < -0.3 is 24.8 Å². The first kappa shape index (κ1) is 20.2. The van der Waals surface area contributed by atoms with Crippen molar-refractivity contribution in [2.75, 3.05) is 32.0 Å². The largest absolute Gasteiger partial charge is 0.493 e. The molecule has 1 heterocycles. The molecular weight excluding hydrogens is 394 g/mol. The molecule has 3 aromatic rings. The minimum absolute atomic E-state index is 0.291. The Kier molecular flexibility index (Phi) is 6.30. The molecule has 0 fully saturated rings. The predicted molar refractivity (Wildman–Crippen MR) is 111 cm³/mol. The van der Waals surface area contributed by atoms with Crippen molar-refractivity contribution in [1.82, 2.24) is 4.37 Å². The summed E-state index contributed by atoms with van der Waals surface area (Å²) >= 11 is 1.19. The van der Waals surface area contributed by atoms with E-state index >= 15 is 0 Å². The molecule has 0 aliphatic rings. The lowest BCUT2D eigenvalue weighted by molar-refractivity contribution is 0.101. The monoisotopic (exact) mass is 413 g/mol. The minimum atomic E-state index is -0.354. The number of hydrogen-bond acceptors (Lipinski definition) is 7. The van der Waals surface area contributed by atoms with E-state index in [0.29, 0.717) is 39.8 Å². The third-order valence-electron chi connectivity index (χ3n) is 4.00. The van der Waals surface area contributed by atoms with E-state index in [-0.39, 0.29) is 11.8 Å². The Balaban J connectivity index is 1.78. The van der Waals surface area contributed by atoms with Crippen molar-refractivity contribution >= 4 is 34.7 Å². The fraction of sp³-hybridized carbons (Fsp3) is 0.150. The van der Waals surface area contributed by atoms with Gasteiger partial charge in [0.05, 0.1) is 33.1 Å². The van der Waals surface area contributed by atoms with Gasteiger partial charge in [0, 0.05) is 34.5 Å².